The third-order valence-electron chi connectivity index (χ3n) is 6.93. The van der Waals surface area contributed by atoms with Gasteiger partial charge in [0.05, 0.1) is 17.2 Å². The minimum absolute atomic E-state index is 0.0297. The van der Waals surface area contributed by atoms with Gasteiger partial charge in [-0.1, -0.05) is 54.4 Å². The first-order valence-corrected chi connectivity index (χ1v) is 15.4. The number of anilines is 1. The first kappa shape index (κ1) is 31.7. The van der Waals surface area contributed by atoms with Crippen molar-refractivity contribution < 1.29 is 22.7 Å². The number of rotatable bonds is 13. The third-order valence-corrected chi connectivity index (χ3v) is 8.72. The normalized spacial score (nSPS) is 12.7. The van der Waals surface area contributed by atoms with Gasteiger partial charge in [-0.3, -0.25) is 13.9 Å². The minimum atomic E-state index is -4.15. The molecule has 1 N–H and O–H groups in total. The van der Waals surface area contributed by atoms with Gasteiger partial charge in [0, 0.05) is 12.6 Å². The Balaban J connectivity index is 2.01. The van der Waals surface area contributed by atoms with Crippen molar-refractivity contribution >= 4 is 27.5 Å². The number of hydrogen-bond donors (Lipinski definition) is 1. The Hall–Kier alpha value is -3.85. The van der Waals surface area contributed by atoms with E-state index in [0.29, 0.717) is 18.0 Å². The molecule has 0 aliphatic carbocycles. The predicted octanol–water partition coefficient (Wildman–Crippen LogP) is 5.23. The molecule has 0 saturated carbocycles. The van der Waals surface area contributed by atoms with Gasteiger partial charge in [-0.2, -0.15) is 0 Å². The minimum Gasteiger partial charge on any atom is -0.494 e. The van der Waals surface area contributed by atoms with E-state index in [1.807, 2.05) is 58.9 Å². The average molecular weight is 580 g/mol. The van der Waals surface area contributed by atoms with Crippen molar-refractivity contribution in [2.45, 2.75) is 71.5 Å². The van der Waals surface area contributed by atoms with Crippen molar-refractivity contribution in [1.82, 2.24) is 10.2 Å². The van der Waals surface area contributed by atoms with E-state index in [0.717, 1.165) is 27.4 Å². The smallest absolute Gasteiger partial charge is 0.264 e. The molecular formula is C32H41N3O5S. The van der Waals surface area contributed by atoms with E-state index < -0.39 is 28.5 Å². The van der Waals surface area contributed by atoms with Gasteiger partial charge in [-0.15, -0.1) is 0 Å². The molecule has 0 aliphatic rings. The van der Waals surface area contributed by atoms with Gasteiger partial charge in [0.1, 0.15) is 18.3 Å². The number of nitrogens with zero attached hydrogens (tertiary/aromatic N) is 2. The van der Waals surface area contributed by atoms with Crippen LogP contribution in [0.25, 0.3) is 0 Å². The van der Waals surface area contributed by atoms with Gasteiger partial charge < -0.3 is 15.0 Å². The van der Waals surface area contributed by atoms with Crippen molar-refractivity contribution in [1.29, 1.82) is 0 Å². The van der Waals surface area contributed by atoms with Crippen molar-refractivity contribution in [3.05, 3.63) is 89.5 Å². The molecule has 0 aliphatic heterocycles. The van der Waals surface area contributed by atoms with Crippen LogP contribution in [0.2, 0.25) is 0 Å². The summed E-state index contributed by atoms with van der Waals surface area (Å²) in [5.41, 5.74) is 3.17. The van der Waals surface area contributed by atoms with Gasteiger partial charge in [-0.05, 0) is 83.0 Å². The Morgan fingerprint density at radius 2 is 1.56 bits per heavy atom. The molecule has 0 fully saturated rings. The Bertz CT molecular complexity index is 1420. The Morgan fingerprint density at radius 1 is 0.902 bits per heavy atom. The van der Waals surface area contributed by atoms with Crippen LogP contribution in [0.15, 0.2) is 77.7 Å². The summed E-state index contributed by atoms with van der Waals surface area (Å²) in [6.45, 7) is 11.4. The van der Waals surface area contributed by atoms with Crippen LogP contribution in [-0.2, 0) is 26.2 Å². The van der Waals surface area contributed by atoms with E-state index in [1.54, 1.807) is 43.3 Å². The maximum absolute atomic E-state index is 14.0. The van der Waals surface area contributed by atoms with Crippen molar-refractivity contribution in [2.75, 3.05) is 17.5 Å². The molecule has 0 aromatic heterocycles. The second kappa shape index (κ2) is 14.2. The summed E-state index contributed by atoms with van der Waals surface area (Å²) in [5, 5.41) is 2.95. The molecule has 3 rings (SSSR count). The molecule has 0 spiro atoms. The lowest BCUT2D eigenvalue weighted by Gasteiger charge is -2.32. The fraction of sp³-hybridized carbons (Fsp3) is 0.375. The molecular weight excluding hydrogens is 538 g/mol. The number of carbonyl (C=O) groups is 2. The first-order valence-electron chi connectivity index (χ1n) is 13.9. The lowest BCUT2D eigenvalue weighted by Crippen LogP contribution is -2.52. The zero-order chi connectivity index (χ0) is 30.2. The van der Waals surface area contributed by atoms with Crippen LogP contribution in [-0.4, -0.2) is 50.4 Å². The Kier molecular flexibility index (Phi) is 10.9. The molecule has 0 heterocycles. The summed E-state index contributed by atoms with van der Waals surface area (Å²) in [6, 6.07) is 19.9. The number of hydrogen-bond acceptors (Lipinski definition) is 5. The maximum Gasteiger partial charge on any atom is 0.264 e. The number of aryl methyl sites for hydroxylation is 2. The van der Waals surface area contributed by atoms with E-state index in [1.165, 1.54) is 17.0 Å². The largest absolute Gasteiger partial charge is 0.494 e. The first-order chi connectivity index (χ1) is 19.5. The predicted molar refractivity (Wildman–Crippen MR) is 162 cm³/mol. The molecule has 220 valence electrons. The summed E-state index contributed by atoms with van der Waals surface area (Å²) in [5.74, 6) is -0.236. The van der Waals surface area contributed by atoms with Gasteiger partial charge in [0.2, 0.25) is 11.8 Å². The number of benzene rings is 3. The molecule has 0 saturated heterocycles. The van der Waals surface area contributed by atoms with Crippen LogP contribution in [0.4, 0.5) is 5.69 Å². The quantitative estimate of drug-likeness (QED) is 0.299. The zero-order valence-corrected chi connectivity index (χ0v) is 25.6. The average Bonchev–Trinajstić information content (AvgIpc) is 2.95. The molecule has 0 unspecified atom stereocenters. The van der Waals surface area contributed by atoms with Crippen molar-refractivity contribution in [3.63, 3.8) is 0 Å². The highest BCUT2D eigenvalue weighted by atomic mass is 32.2. The molecule has 9 heteroatoms. The second-order valence-electron chi connectivity index (χ2n) is 10.3. The highest BCUT2D eigenvalue weighted by molar-refractivity contribution is 7.92. The fourth-order valence-corrected chi connectivity index (χ4v) is 5.71. The van der Waals surface area contributed by atoms with E-state index in [-0.39, 0.29) is 23.4 Å². The molecule has 8 nitrogen and oxygen atoms in total. The van der Waals surface area contributed by atoms with E-state index in [2.05, 4.69) is 5.32 Å². The third kappa shape index (κ3) is 8.33. The Morgan fingerprint density at radius 3 is 2.15 bits per heavy atom. The maximum atomic E-state index is 14.0. The molecule has 3 aromatic rings. The molecule has 41 heavy (non-hydrogen) atoms. The molecule has 2 amide bonds. The Labute approximate surface area is 244 Å². The topological polar surface area (TPSA) is 96.0 Å². The molecule has 0 radical (unpaired) electrons. The monoisotopic (exact) mass is 579 g/mol. The fourth-order valence-electron chi connectivity index (χ4n) is 4.30. The lowest BCUT2D eigenvalue weighted by molar-refractivity contribution is -0.139. The van der Waals surface area contributed by atoms with Gasteiger partial charge in [0.25, 0.3) is 10.0 Å². The van der Waals surface area contributed by atoms with Crippen LogP contribution in [0.3, 0.4) is 0 Å². The van der Waals surface area contributed by atoms with Crippen LogP contribution >= 0.6 is 0 Å². The van der Waals surface area contributed by atoms with Crippen LogP contribution in [0, 0.1) is 13.8 Å². The second-order valence-corrected chi connectivity index (χ2v) is 12.1. The zero-order valence-electron chi connectivity index (χ0n) is 24.8. The van der Waals surface area contributed by atoms with Crippen molar-refractivity contribution in [3.8, 4) is 5.75 Å². The summed E-state index contributed by atoms with van der Waals surface area (Å²) in [6.07, 6.45) is 0.742. The number of carbonyl (C=O) groups excluding carboxylic acids is 2. The standard InChI is InChI=1S/C32H41N3O5S/c1-7-25(5)33-32(37)26(6)34(21-27-11-9-10-24(4)20-27)31(36)22-35(28-14-12-23(3)13-15-28)41(38,39)30-18-16-29(17-19-30)40-8-2/h9-20,25-26H,7-8,21-22H2,1-6H3,(H,33,37)/t25-,26-/m0/s1. The van der Waals surface area contributed by atoms with Crippen LogP contribution in [0.5, 0.6) is 5.75 Å². The summed E-state index contributed by atoms with van der Waals surface area (Å²) < 4.78 is 34.5. The van der Waals surface area contributed by atoms with Gasteiger partial charge in [-0.25, -0.2) is 8.42 Å². The summed E-state index contributed by atoms with van der Waals surface area (Å²) in [4.78, 5) is 28.7. The summed E-state index contributed by atoms with van der Waals surface area (Å²) >= 11 is 0. The van der Waals surface area contributed by atoms with E-state index in [9.17, 15) is 18.0 Å². The van der Waals surface area contributed by atoms with Crippen LogP contribution < -0.4 is 14.4 Å². The molecule has 3 aromatic carbocycles. The SMILES string of the molecule is CCOc1ccc(S(=O)(=O)N(CC(=O)N(Cc2cccc(C)c2)[C@@H](C)C(=O)N[C@@H](C)CC)c2ccc(C)cc2)cc1. The van der Waals surface area contributed by atoms with Crippen LogP contribution in [0.1, 0.15) is 50.8 Å². The molecule has 2 atom stereocenters. The lowest BCUT2D eigenvalue weighted by atomic mass is 10.1. The molecule has 0 bridgehead atoms. The number of amides is 2. The number of sulfonamides is 1. The highest BCUT2D eigenvalue weighted by Crippen LogP contribution is 2.26. The van der Waals surface area contributed by atoms with E-state index >= 15 is 0 Å². The number of nitrogens with one attached hydrogen (secondary N) is 1. The van der Waals surface area contributed by atoms with Gasteiger partial charge >= 0.3 is 0 Å². The van der Waals surface area contributed by atoms with Gasteiger partial charge in [0.15, 0.2) is 0 Å². The summed E-state index contributed by atoms with van der Waals surface area (Å²) in [7, 11) is -4.15. The number of ether oxygens (including phenoxy) is 1. The van der Waals surface area contributed by atoms with Crippen molar-refractivity contribution in [2.24, 2.45) is 0 Å². The highest BCUT2D eigenvalue weighted by Gasteiger charge is 2.32. The van der Waals surface area contributed by atoms with E-state index in [4.69, 9.17) is 4.74 Å².